The van der Waals surface area contributed by atoms with Gasteiger partial charge in [0.1, 0.15) is 11.9 Å². The molecular weight excluding hydrogens is 281 g/mol. The molecule has 2 nitrogen and oxygen atoms in total. The molecule has 0 aliphatic carbocycles. The number of hydrogen-bond donors (Lipinski definition) is 1. The number of halogens is 2. The zero-order chi connectivity index (χ0) is 13.4. The molecule has 0 amide bonds. The van der Waals surface area contributed by atoms with Gasteiger partial charge in [-0.2, -0.15) is 0 Å². The Morgan fingerprint density at radius 2 is 2.00 bits per heavy atom. The van der Waals surface area contributed by atoms with Crippen LogP contribution in [0.25, 0.3) is 0 Å². The Labute approximate surface area is 122 Å². The largest absolute Gasteiger partial charge is 0.481 e. The first-order chi connectivity index (χ1) is 9.13. The maximum atomic E-state index is 6.08. The molecule has 0 fully saturated rings. The molecule has 0 radical (unpaired) electrons. The second-order valence-electron chi connectivity index (χ2n) is 4.64. The van der Waals surface area contributed by atoms with Gasteiger partial charge < -0.3 is 10.1 Å². The highest BCUT2D eigenvalue weighted by Gasteiger charge is 2.22. The minimum atomic E-state index is -0.0360. The number of benzene rings is 2. The standard InChI is InChI=1S/C15H13Cl2NO/c1-9-5-12(17)7-13-15(9)19-14(8-18-13)10-3-2-4-11(16)6-10/h2-7,14,18H,8H2,1H3. The Bertz CT molecular complexity index is 628. The summed E-state index contributed by atoms with van der Waals surface area (Å²) in [4.78, 5) is 0. The summed E-state index contributed by atoms with van der Waals surface area (Å²) in [6.45, 7) is 2.69. The third-order valence-corrected chi connectivity index (χ3v) is 3.65. The van der Waals surface area contributed by atoms with Gasteiger partial charge in [0.05, 0.1) is 12.2 Å². The molecule has 1 aliphatic rings. The van der Waals surface area contributed by atoms with Crippen LogP contribution in [0, 0.1) is 6.92 Å². The number of anilines is 1. The first kappa shape index (κ1) is 12.6. The van der Waals surface area contributed by atoms with Crippen LogP contribution in [0.1, 0.15) is 17.2 Å². The minimum Gasteiger partial charge on any atom is -0.481 e. The Kier molecular flexibility index (Phi) is 3.29. The highest BCUT2D eigenvalue weighted by molar-refractivity contribution is 6.31. The lowest BCUT2D eigenvalue weighted by atomic mass is 10.1. The van der Waals surface area contributed by atoms with Gasteiger partial charge in [0.25, 0.3) is 0 Å². The molecule has 98 valence electrons. The van der Waals surface area contributed by atoms with E-state index in [4.69, 9.17) is 27.9 Å². The van der Waals surface area contributed by atoms with Gasteiger partial charge in [-0.25, -0.2) is 0 Å². The van der Waals surface area contributed by atoms with Gasteiger partial charge in [0.15, 0.2) is 0 Å². The summed E-state index contributed by atoms with van der Waals surface area (Å²) in [5, 5.41) is 4.80. The Morgan fingerprint density at radius 3 is 2.79 bits per heavy atom. The molecule has 1 unspecified atom stereocenters. The van der Waals surface area contributed by atoms with E-state index in [9.17, 15) is 0 Å². The van der Waals surface area contributed by atoms with E-state index < -0.39 is 0 Å². The average Bonchev–Trinajstić information content (AvgIpc) is 2.38. The van der Waals surface area contributed by atoms with Crippen LogP contribution in [0.4, 0.5) is 5.69 Å². The van der Waals surface area contributed by atoms with Crippen molar-refractivity contribution in [2.45, 2.75) is 13.0 Å². The minimum absolute atomic E-state index is 0.0360. The fourth-order valence-electron chi connectivity index (χ4n) is 2.30. The van der Waals surface area contributed by atoms with Crippen molar-refractivity contribution < 1.29 is 4.74 Å². The van der Waals surface area contributed by atoms with Crippen molar-refractivity contribution in [2.75, 3.05) is 11.9 Å². The molecule has 0 saturated heterocycles. The number of rotatable bonds is 1. The van der Waals surface area contributed by atoms with Gasteiger partial charge in [-0.1, -0.05) is 35.3 Å². The van der Waals surface area contributed by atoms with Crippen molar-refractivity contribution in [3.05, 3.63) is 57.6 Å². The number of nitrogens with one attached hydrogen (secondary N) is 1. The summed E-state index contributed by atoms with van der Waals surface area (Å²) >= 11 is 12.1. The van der Waals surface area contributed by atoms with Crippen LogP contribution >= 0.6 is 23.2 Å². The van der Waals surface area contributed by atoms with Crippen molar-refractivity contribution >= 4 is 28.9 Å². The molecule has 2 aromatic rings. The van der Waals surface area contributed by atoms with Crippen molar-refractivity contribution in [1.29, 1.82) is 0 Å². The second-order valence-corrected chi connectivity index (χ2v) is 5.51. The smallest absolute Gasteiger partial charge is 0.146 e. The molecule has 1 atom stereocenters. The van der Waals surface area contributed by atoms with E-state index in [-0.39, 0.29) is 6.10 Å². The molecule has 2 aromatic carbocycles. The van der Waals surface area contributed by atoms with E-state index in [1.54, 1.807) is 0 Å². The summed E-state index contributed by atoms with van der Waals surface area (Å²) in [6, 6.07) is 11.5. The Morgan fingerprint density at radius 1 is 1.16 bits per heavy atom. The molecule has 0 spiro atoms. The fourth-order valence-corrected chi connectivity index (χ4v) is 2.77. The van der Waals surface area contributed by atoms with E-state index in [1.165, 1.54) is 0 Å². The molecule has 0 saturated carbocycles. The summed E-state index contributed by atoms with van der Waals surface area (Å²) < 4.78 is 6.08. The lowest BCUT2D eigenvalue weighted by Crippen LogP contribution is -2.24. The van der Waals surface area contributed by atoms with E-state index in [0.717, 1.165) is 27.6 Å². The van der Waals surface area contributed by atoms with Gasteiger partial charge >= 0.3 is 0 Å². The lowest BCUT2D eigenvalue weighted by molar-refractivity contribution is 0.209. The van der Waals surface area contributed by atoms with Crippen molar-refractivity contribution in [1.82, 2.24) is 0 Å². The number of hydrogen-bond acceptors (Lipinski definition) is 2. The molecular formula is C15H13Cl2NO. The van der Waals surface area contributed by atoms with Crippen LogP contribution in [0.2, 0.25) is 10.0 Å². The van der Waals surface area contributed by atoms with Crippen molar-refractivity contribution in [2.24, 2.45) is 0 Å². The lowest BCUT2D eigenvalue weighted by Gasteiger charge is -2.29. The Balaban J connectivity index is 1.94. The van der Waals surface area contributed by atoms with Gasteiger partial charge in [-0.15, -0.1) is 0 Å². The van der Waals surface area contributed by atoms with Gasteiger partial charge in [0.2, 0.25) is 0 Å². The molecule has 1 N–H and O–H groups in total. The van der Waals surface area contributed by atoms with Gasteiger partial charge in [0, 0.05) is 10.0 Å². The highest BCUT2D eigenvalue weighted by atomic mass is 35.5. The predicted octanol–water partition coefficient (Wildman–Crippen LogP) is 4.85. The first-order valence-electron chi connectivity index (χ1n) is 6.09. The SMILES string of the molecule is Cc1cc(Cl)cc2c1OC(c1cccc(Cl)c1)CN2. The highest BCUT2D eigenvalue weighted by Crippen LogP contribution is 2.39. The number of aryl methyl sites for hydroxylation is 1. The van der Waals surface area contributed by atoms with Gasteiger partial charge in [-0.3, -0.25) is 0 Å². The van der Waals surface area contributed by atoms with Crippen LogP contribution in [-0.2, 0) is 0 Å². The van der Waals surface area contributed by atoms with Crippen molar-refractivity contribution in [3.8, 4) is 5.75 Å². The van der Waals surface area contributed by atoms with Gasteiger partial charge in [-0.05, 0) is 42.3 Å². The third-order valence-electron chi connectivity index (χ3n) is 3.20. The van der Waals surface area contributed by atoms with E-state index in [1.807, 2.05) is 43.3 Å². The van der Waals surface area contributed by atoms with E-state index >= 15 is 0 Å². The Hall–Kier alpha value is -1.38. The average molecular weight is 294 g/mol. The fraction of sp³-hybridized carbons (Fsp3) is 0.200. The monoisotopic (exact) mass is 293 g/mol. The van der Waals surface area contributed by atoms with Crippen LogP contribution in [0.15, 0.2) is 36.4 Å². The van der Waals surface area contributed by atoms with Crippen LogP contribution in [0.3, 0.4) is 0 Å². The normalized spacial score (nSPS) is 17.3. The molecule has 19 heavy (non-hydrogen) atoms. The first-order valence-corrected chi connectivity index (χ1v) is 6.85. The van der Waals surface area contributed by atoms with Crippen LogP contribution < -0.4 is 10.1 Å². The molecule has 3 rings (SSSR count). The molecule has 4 heteroatoms. The number of ether oxygens (including phenoxy) is 1. The summed E-state index contributed by atoms with van der Waals surface area (Å²) in [5.41, 5.74) is 3.05. The predicted molar refractivity (Wildman–Crippen MR) is 79.5 cm³/mol. The topological polar surface area (TPSA) is 21.3 Å². The maximum Gasteiger partial charge on any atom is 0.146 e. The summed E-state index contributed by atoms with van der Waals surface area (Å²) in [5.74, 6) is 0.862. The molecule has 1 heterocycles. The summed E-state index contributed by atoms with van der Waals surface area (Å²) in [7, 11) is 0. The zero-order valence-electron chi connectivity index (χ0n) is 10.4. The third kappa shape index (κ3) is 2.51. The van der Waals surface area contributed by atoms with Crippen LogP contribution in [0.5, 0.6) is 5.75 Å². The molecule has 0 bridgehead atoms. The van der Waals surface area contributed by atoms with Crippen LogP contribution in [-0.4, -0.2) is 6.54 Å². The maximum absolute atomic E-state index is 6.08. The summed E-state index contributed by atoms with van der Waals surface area (Å²) in [6.07, 6.45) is -0.0360. The second kappa shape index (κ2) is 4.95. The quantitative estimate of drug-likeness (QED) is 0.812. The zero-order valence-corrected chi connectivity index (χ0v) is 11.9. The van der Waals surface area contributed by atoms with E-state index in [0.29, 0.717) is 11.6 Å². The van der Waals surface area contributed by atoms with E-state index in [2.05, 4.69) is 5.32 Å². The van der Waals surface area contributed by atoms with Crippen molar-refractivity contribution in [3.63, 3.8) is 0 Å². The molecule has 0 aromatic heterocycles. The molecule has 1 aliphatic heterocycles. The number of fused-ring (bicyclic) bond motifs is 1.